The van der Waals surface area contributed by atoms with E-state index < -0.39 is 69.6 Å². The van der Waals surface area contributed by atoms with Crippen LogP contribution in [0.1, 0.15) is 29.2 Å². The fourth-order valence-electron chi connectivity index (χ4n) is 2.78. The molecule has 2 heterocycles. The molecule has 1 aromatic heterocycles. The van der Waals surface area contributed by atoms with Gasteiger partial charge in [0.25, 0.3) is 0 Å². The predicted molar refractivity (Wildman–Crippen MR) is 119 cm³/mol. The smallest absolute Gasteiger partial charge is 0.163 e. The van der Waals surface area contributed by atoms with Crippen LogP contribution in [0.25, 0.3) is 10.9 Å². The monoisotopic (exact) mass is 486 g/mol. The lowest BCUT2D eigenvalue weighted by Crippen LogP contribution is -2.32. The molecule has 1 aliphatic heterocycles. The Labute approximate surface area is 200 Å². The average molecular weight is 487 g/mol. The van der Waals surface area contributed by atoms with E-state index in [4.69, 9.17) is 25.9 Å². The molecule has 0 radical (unpaired) electrons. The van der Waals surface area contributed by atoms with Crippen LogP contribution in [0.2, 0.25) is 0 Å². The minimum atomic E-state index is -3.15. The molecular weight excluding hydrogens is 451 g/mol. The Kier molecular flexibility index (Phi) is 3.27. The zero-order valence-corrected chi connectivity index (χ0v) is 17.0. The van der Waals surface area contributed by atoms with Crippen molar-refractivity contribution < 1.29 is 30.3 Å². The Balaban J connectivity index is 1.77. The lowest BCUT2D eigenvalue weighted by atomic mass is 9.98. The van der Waals surface area contributed by atoms with Gasteiger partial charge in [0, 0.05) is 25.5 Å². The Morgan fingerprint density at radius 3 is 2.93 bits per heavy atom. The molecule has 8 heteroatoms. The van der Waals surface area contributed by atoms with Gasteiger partial charge < -0.3 is 19.7 Å². The van der Waals surface area contributed by atoms with Crippen molar-refractivity contribution in [3.8, 4) is 11.5 Å². The van der Waals surface area contributed by atoms with Gasteiger partial charge in [-0.3, -0.25) is 0 Å². The molecule has 4 rings (SSSR count). The van der Waals surface area contributed by atoms with Gasteiger partial charge in [0.1, 0.15) is 18.0 Å². The van der Waals surface area contributed by atoms with Crippen molar-refractivity contribution in [1.82, 2.24) is 14.9 Å². The molecule has 1 saturated heterocycles. The highest BCUT2D eigenvalue weighted by Gasteiger charge is 2.19. The summed E-state index contributed by atoms with van der Waals surface area (Å²) in [7, 11) is -3.06. The quantitative estimate of drug-likeness (QED) is 0.528. The Bertz CT molecular complexity index is 1470. The second kappa shape index (κ2) is 9.14. The summed E-state index contributed by atoms with van der Waals surface area (Å²) >= 11 is 3.16. The maximum atomic E-state index is 14.5. The van der Waals surface area contributed by atoms with Crippen molar-refractivity contribution >= 4 is 38.3 Å². The van der Waals surface area contributed by atoms with Crippen molar-refractivity contribution in [2.45, 2.75) is 12.7 Å². The first kappa shape index (κ1) is 10.7. The normalized spacial score (nSPS) is 25.9. The van der Waals surface area contributed by atoms with Crippen LogP contribution in [0.15, 0.2) is 41.1 Å². The maximum absolute atomic E-state index is 14.5. The standard InChI is InChI=1S/C22H24BrFN4O2/c1-28-7-5-14(6-8-28)12-30-21-11-19-16(10-20(21)29-2)22(26-13-25-19)27-18-4-3-15(23)9-17(18)24/h3-4,9-11,13-14H,5-8,12H2,1-2H3,(H,25,26,27)/i1D3,2D3,5D2,6D2,12D2. The van der Waals surface area contributed by atoms with Crippen LogP contribution >= 0.6 is 15.9 Å². The van der Waals surface area contributed by atoms with Crippen LogP contribution < -0.4 is 14.8 Å². The summed E-state index contributed by atoms with van der Waals surface area (Å²) in [5, 5.41) is 2.91. The zero-order chi connectivity index (χ0) is 31.5. The van der Waals surface area contributed by atoms with E-state index in [0.717, 1.165) is 18.5 Å². The third kappa shape index (κ3) is 4.65. The number of halogens is 2. The van der Waals surface area contributed by atoms with Gasteiger partial charge >= 0.3 is 0 Å². The number of ether oxygens (including phenoxy) is 2. The number of piperidine rings is 1. The number of nitrogens with zero attached hydrogens (tertiary/aromatic N) is 3. The molecule has 0 spiro atoms. The van der Waals surface area contributed by atoms with Gasteiger partial charge in [0.2, 0.25) is 0 Å². The van der Waals surface area contributed by atoms with Gasteiger partial charge in [-0.2, -0.15) is 0 Å². The number of benzene rings is 2. The first-order valence-corrected chi connectivity index (χ1v) is 9.52. The van der Waals surface area contributed by atoms with Crippen LogP contribution in [0.4, 0.5) is 15.9 Å². The molecule has 2 aromatic carbocycles. The number of rotatable bonds is 6. The highest BCUT2D eigenvalue weighted by atomic mass is 79.9. The molecule has 3 aromatic rings. The number of aromatic nitrogens is 2. The van der Waals surface area contributed by atoms with Crippen molar-refractivity contribution in [2.75, 3.05) is 39.0 Å². The van der Waals surface area contributed by atoms with Crippen molar-refractivity contribution in [2.24, 2.45) is 5.92 Å². The van der Waals surface area contributed by atoms with Crippen LogP contribution in [-0.2, 0) is 0 Å². The highest BCUT2D eigenvalue weighted by Crippen LogP contribution is 2.35. The lowest BCUT2D eigenvalue weighted by molar-refractivity contribution is 0.157. The minimum absolute atomic E-state index is 0.0287. The minimum Gasteiger partial charge on any atom is -0.493 e. The van der Waals surface area contributed by atoms with Gasteiger partial charge in [-0.15, -0.1) is 0 Å². The van der Waals surface area contributed by atoms with Crippen LogP contribution in [0.5, 0.6) is 11.5 Å². The summed E-state index contributed by atoms with van der Waals surface area (Å²) in [5.41, 5.74) is 0.0953. The second-order valence-corrected chi connectivity index (χ2v) is 7.22. The van der Waals surface area contributed by atoms with Crippen molar-refractivity contribution in [3.05, 3.63) is 46.9 Å². The third-order valence-corrected chi connectivity index (χ3v) is 4.75. The molecule has 6 nitrogen and oxygen atoms in total. The van der Waals surface area contributed by atoms with Gasteiger partial charge in [-0.25, -0.2) is 14.4 Å². The molecule has 0 amide bonds. The number of anilines is 2. The molecule has 1 aliphatic rings. The summed E-state index contributed by atoms with van der Waals surface area (Å²) in [6.45, 7) is -7.62. The molecule has 1 fully saturated rings. The van der Waals surface area contributed by atoms with Crippen LogP contribution in [-0.4, -0.2) is 48.5 Å². The first-order chi connectivity index (χ1) is 19.1. The maximum Gasteiger partial charge on any atom is 0.163 e. The number of methoxy groups -OCH3 is 1. The second-order valence-electron chi connectivity index (χ2n) is 6.31. The highest BCUT2D eigenvalue weighted by molar-refractivity contribution is 9.10. The van der Waals surface area contributed by atoms with E-state index in [9.17, 15) is 4.39 Å². The predicted octanol–water partition coefficient (Wildman–Crippen LogP) is 5.00. The van der Waals surface area contributed by atoms with E-state index in [-0.39, 0.29) is 22.4 Å². The SMILES string of the molecule is [2H]C([2H])([2H])Oc1cc2c(Nc3ccc(Br)cc3F)ncnc2cc1OC([2H])([2H])C1C([2H])([2H])CN(C([2H])([2H])[2H])CC1([2H])[2H]. The lowest BCUT2D eigenvalue weighted by Gasteiger charge is -2.28. The van der Waals surface area contributed by atoms with E-state index >= 15 is 0 Å². The molecule has 0 unspecified atom stereocenters. The molecule has 0 bridgehead atoms. The summed E-state index contributed by atoms with van der Waals surface area (Å²) in [6, 6.07) is 6.43. The fraction of sp³-hybridized carbons (Fsp3) is 0.364. The number of hydrogen-bond donors (Lipinski definition) is 1. The van der Waals surface area contributed by atoms with Gasteiger partial charge in [-0.1, -0.05) is 15.9 Å². The van der Waals surface area contributed by atoms with E-state index in [1.165, 1.54) is 12.1 Å². The number of likely N-dealkylation sites (tertiary alicyclic amines) is 1. The molecule has 0 aliphatic carbocycles. The van der Waals surface area contributed by atoms with Gasteiger partial charge in [0.15, 0.2) is 11.5 Å². The number of nitrogens with one attached hydrogen (secondary N) is 1. The summed E-state index contributed by atoms with van der Waals surface area (Å²) in [6.07, 6.45) is -4.38. The van der Waals surface area contributed by atoms with Crippen LogP contribution in [0, 0.1) is 11.7 Å². The molecule has 30 heavy (non-hydrogen) atoms. The zero-order valence-electron chi connectivity index (χ0n) is 27.4. The van der Waals surface area contributed by atoms with E-state index in [2.05, 4.69) is 31.2 Å². The summed E-state index contributed by atoms with van der Waals surface area (Å²) in [4.78, 5) is 8.78. The molecular formula is C22H24BrFN4O2. The summed E-state index contributed by atoms with van der Waals surface area (Å²) in [5.74, 6) is -3.84. The van der Waals surface area contributed by atoms with Crippen molar-refractivity contribution in [3.63, 3.8) is 0 Å². The van der Waals surface area contributed by atoms with Gasteiger partial charge in [0.05, 0.1) is 31.7 Å². The molecule has 0 saturated carbocycles. The molecule has 1 N–H and O–H groups in total. The molecule has 158 valence electrons. The Hall–Kier alpha value is -2.45. The average Bonchev–Trinajstić information content (AvgIpc) is 2.78. The number of hydrogen-bond acceptors (Lipinski definition) is 6. The Morgan fingerprint density at radius 1 is 1.30 bits per heavy atom. The molecule has 0 atom stereocenters. The van der Waals surface area contributed by atoms with Gasteiger partial charge in [-0.05, 0) is 63.0 Å². The Morgan fingerprint density at radius 2 is 2.17 bits per heavy atom. The topological polar surface area (TPSA) is 59.5 Å². The van der Waals surface area contributed by atoms with Crippen molar-refractivity contribution in [1.29, 1.82) is 0 Å². The van der Waals surface area contributed by atoms with E-state index in [1.807, 2.05) is 0 Å². The largest absolute Gasteiger partial charge is 0.493 e. The fourth-order valence-corrected chi connectivity index (χ4v) is 3.11. The summed E-state index contributed by atoms with van der Waals surface area (Å²) < 4.78 is 122. The third-order valence-electron chi connectivity index (χ3n) is 4.25. The van der Waals surface area contributed by atoms with E-state index in [0.29, 0.717) is 9.37 Å². The number of fused-ring (bicyclic) bond motifs is 1. The van der Waals surface area contributed by atoms with E-state index in [1.54, 1.807) is 6.07 Å². The van der Waals surface area contributed by atoms with Crippen LogP contribution in [0.3, 0.4) is 0 Å². The first-order valence-electron chi connectivity index (χ1n) is 14.7.